The SMILES string of the molecule is CC(=O)[C@@H](C)ONc1ccccc1. The first-order valence-corrected chi connectivity index (χ1v) is 4.17. The van der Waals surface area contributed by atoms with Crippen molar-refractivity contribution in [3.8, 4) is 0 Å². The number of ketones is 1. The average Bonchev–Trinajstić information content (AvgIpc) is 2.15. The highest BCUT2D eigenvalue weighted by Crippen LogP contribution is 2.05. The van der Waals surface area contributed by atoms with Crippen LogP contribution >= 0.6 is 0 Å². The number of nitrogens with one attached hydrogen (secondary N) is 1. The summed E-state index contributed by atoms with van der Waals surface area (Å²) >= 11 is 0. The summed E-state index contributed by atoms with van der Waals surface area (Å²) in [6, 6.07) is 9.44. The molecule has 0 radical (unpaired) electrons. The van der Waals surface area contributed by atoms with E-state index in [0.717, 1.165) is 5.69 Å². The van der Waals surface area contributed by atoms with E-state index in [4.69, 9.17) is 4.84 Å². The summed E-state index contributed by atoms with van der Waals surface area (Å²) in [4.78, 5) is 15.9. The van der Waals surface area contributed by atoms with E-state index in [-0.39, 0.29) is 5.78 Å². The molecule has 13 heavy (non-hydrogen) atoms. The minimum absolute atomic E-state index is 0.00318. The van der Waals surface area contributed by atoms with Crippen LogP contribution in [0.15, 0.2) is 30.3 Å². The Morgan fingerprint density at radius 1 is 1.38 bits per heavy atom. The summed E-state index contributed by atoms with van der Waals surface area (Å²) < 4.78 is 0. The normalized spacial score (nSPS) is 12.2. The predicted octanol–water partition coefficient (Wildman–Crippen LogP) is 2.01. The summed E-state index contributed by atoms with van der Waals surface area (Å²) in [7, 11) is 0. The van der Waals surface area contributed by atoms with E-state index in [1.165, 1.54) is 6.92 Å². The molecule has 0 aliphatic heterocycles. The lowest BCUT2D eigenvalue weighted by atomic mass is 10.3. The zero-order valence-electron chi connectivity index (χ0n) is 7.78. The van der Waals surface area contributed by atoms with Gasteiger partial charge in [-0.3, -0.25) is 15.1 Å². The molecule has 0 aliphatic rings. The summed E-state index contributed by atoms with van der Waals surface area (Å²) in [6.07, 6.45) is -0.416. The fourth-order valence-electron chi connectivity index (χ4n) is 0.746. The number of hydrogen-bond acceptors (Lipinski definition) is 3. The Balaban J connectivity index is 2.39. The quantitative estimate of drug-likeness (QED) is 0.718. The molecule has 0 bridgehead atoms. The standard InChI is InChI=1S/C10H13NO2/c1-8(12)9(2)13-11-10-6-4-3-5-7-10/h3-7,9,11H,1-2H3/t9-/m1/s1. The summed E-state index contributed by atoms with van der Waals surface area (Å²) in [6.45, 7) is 3.20. The molecule has 1 aromatic carbocycles. The largest absolute Gasteiger partial charge is 0.297 e. The predicted molar refractivity (Wildman–Crippen MR) is 51.3 cm³/mol. The van der Waals surface area contributed by atoms with Crippen LogP contribution < -0.4 is 5.48 Å². The van der Waals surface area contributed by atoms with Gasteiger partial charge in [-0.05, 0) is 26.0 Å². The topological polar surface area (TPSA) is 38.3 Å². The van der Waals surface area contributed by atoms with Crippen molar-refractivity contribution in [3.63, 3.8) is 0 Å². The van der Waals surface area contributed by atoms with Crippen LogP contribution in [0.4, 0.5) is 5.69 Å². The van der Waals surface area contributed by atoms with Crippen molar-refractivity contribution < 1.29 is 9.63 Å². The van der Waals surface area contributed by atoms with Crippen LogP contribution in [0, 0.1) is 0 Å². The molecule has 1 N–H and O–H groups in total. The Labute approximate surface area is 77.7 Å². The van der Waals surface area contributed by atoms with E-state index >= 15 is 0 Å². The Bertz CT molecular complexity index is 272. The lowest BCUT2D eigenvalue weighted by Crippen LogP contribution is -2.20. The first kappa shape index (κ1) is 9.74. The molecule has 1 rings (SSSR count). The number of benzene rings is 1. The molecule has 0 amide bonds. The minimum Gasteiger partial charge on any atom is -0.297 e. The number of carbonyl (C=O) groups excluding carboxylic acids is 1. The van der Waals surface area contributed by atoms with Gasteiger partial charge in [0.15, 0.2) is 5.78 Å². The van der Waals surface area contributed by atoms with Crippen molar-refractivity contribution in [2.45, 2.75) is 20.0 Å². The van der Waals surface area contributed by atoms with Crippen LogP contribution in [-0.2, 0) is 9.63 Å². The maximum atomic E-state index is 10.8. The Kier molecular flexibility index (Phi) is 3.46. The molecule has 1 atom stereocenters. The number of carbonyl (C=O) groups is 1. The highest BCUT2D eigenvalue weighted by atomic mass is 16.7. The maximum absolute atomic E-state index is 10.8. The third kappa shape index (κ3) is 3.25. The van der Waals surface area contributed by atoms with Gasteiger partial charge < -0.3 is 0 Å². The van der Waals surface area contributed by atoms with Gasteiger partial charge in [0.2, 0.25) is 0 Å². The molecule has 0 saturated carbocycles. The molecule has 1 aromatic rings. The maximum Gasteiger partial charge on any atom is 0.160 e. The van der Waals surface area contributed by atoms with Gasteiger partial charge in [-0.2, -0.15) is 0 Å². The van der Waals surface area contributed by atoms with E-state index in [1.807, 2.05) is 30.3 Å². The first-order valence-electron chi connectivity index (χ1n) is 4.17. The van der Waals surface area contributed by atoms with E-state index < -0.39 is 6.10 Å². The zero-order chi connectivity index (χ0) is 9.68. The van der Waals surface area contributed by atoms with E-state index in [2.05, 4.69) is 5.48 Å². The van der Waals surface area contributed by atoms with Crippen LogP contribution in [0.25, 0.3) is 0 Å². The van der Waals surface area contributed by atoms with Gasteiger partial charge in [0.25, 0.3) is 0 Å². The molecular formula is C10H13NO2. The average molecular weight is 179 g/mol. The second-order valence-corrected chi connectivity index (χ2v) is 2.84. The molecule has 0 aromatic heterocycles. The van der Waals surface area contributed by atoms with Crippen LogP contribution in [0.1, 0.15) is 13.8 Å². The molecular weight excluding hydrogens is 166 g/mol. The molecule has 0 unspecified atom stereocenters. The van der Waals surface area contributed by atoms with Gasteiger partial charge in [0, 0.05) is 0 Å². The molecule has 3 heteroatoms. The molecule has 0 aliphatic carbocycles. The molecule has 0 heterocycles. The van der Waals surface area contributed by atoms with Crippen LogP contribution in [-0.4, -0.2) is 11.9 Å². The summed E-state index contributed by atoms with van der Waals surface area (Å²) in [5.74, 6) is 0.00318. The van der Waals surface area contributed by atoms with Crippen LogP contribution in [0.5, 0.6) is 0 Å². The fourth-order valence-corrected chi connectivity index (χ4v) is 0.746. The number of anilines is 1. The van der Waals surface area contributed by atoms with Gasteiger partial charge in [-0.15, -0.1) is 0 Å². The van der Waals surface area contributed by atoms with Crippen LogP contribution in [0.3, 0.4) is 0 Å². The Hall–Kier alpha value is -1.35. The van der Waals surface area contributed by atoms with Gasteiger partial charge in [-0.25, -0.2) is 0 Å². The first-order chi connectivity index (χ1) is 6.20. The van der Waals surface area contributed by atoms with E-state index in [0.29, 0.717) is 0 Å². The highest BCUT2D eigenvalue weighted by Gasteiger charge is 2.06. The lowest BCUT2D eigenvalue weighted by molar-refractivity contribution is -0.125. The summed E-state index contributed by atoms with van der Waals surface area (Å²) in [5, 5.41) is 0. The van der Waals surface area contributed by atoms with Crippen LogP contribution in [0.2, 0.25) is 0 Å². The Morgan fingerprint density at radius 2 is 2.00 bits per heavy atom. The molecule has 0 fully saturated rings. The zero-order valence-corrected chi connectivity index (χ0v) is 7.78. The molecule has 70 valence electrons. The highest BCUT2D eigenvalue weighted by molar-refractivity contribution is 5.80. The second kappa shape index (κ2) is 4.62. The molecule has 0 spiro atoms. The fraction of sp³-hybridized carbons (Fsp3) is 0.300. The third-order valence-corrected chi connectivity index (χ3v) is 1.70. The second-order valence-electron chi connectivity index (χ2n) is 2.84. The van der Waals surface area contributed by atoms with Gasteiger partial charge >= 0.3 is 0 Å². The van der Waals surface area contributed by atoms with Gasteiger partial charge in [0.05, 0.1) is 5.69 Å². The number of Topliss-reactive ketones (excluding diaryl/α,β-unsaturated/α-hetero) is 1. The van der Waals surface area contributed by atoms with Gasteiger partial charge in [-0.1, -0.05) is 18.2 Å². The minimum atomic E-state index is -0.416. The monoisotopic (exact) mass is 179 g/mol. The lowest BCUT2D eigenvalue weighted by Gasteiger charge is -2.10. The molecule has 0 saturated heterocycles. The smallest absolute Gasteiger partial charge is 0.160 e. The molecule has 3 nitrogen and oxygen atoms in total. The van der Waals surface area contributed by atoms with E-state index in [9.17, 15) is 4.79 Å². The van der Waals surface area contributed by atoms with Crippen molar-refractivity contribution in [2.24, 2.45) is 0 Å². The van der Waals surface area contributed by atoms with Crippen molar-refractivity contribution in [2.75, 3.05) is 5.48 Å². The van der Waals surface area contributed by atoms with Crippen molar-refractivity contribution in [3.05, 3.63) is 30.3 Å². The number of hydrogen-bond donors (Lipinski definition) is 1. The number of rotatable bonds is 4. The Morgan fingerprint density at radius 3 is 2.54 bits per heavy atom. The van der Waals surface area contributed by atoms with Crippen molar-refractivity contribution in [1.29, 1.82) is 0 Å². The van der Waals surface area contributed by atoms with Crippen molar-refractivity contribution >= 4 is 11.5 Å². The third-order valence-electron chi connectivity index (χ3n) is 1.70. The van der Waals surface area contributed by atoms with Crippen molar-refractivity contribution in [1.82, 2.24) is 0 Å². The summed E-state index contributed by atoms with van der Waals surface area (Å²) in [5.41, 5.74) is 3.55. The van der Waals surface area contributed by atoms with E-state index in [1.54, 1.807) is 6.92 Å². The number of para-hydroxylation sites is 1. The van der Waals surface area contributed by atoms with Gasteiger partial charge in [0.1, 0.15) is 6.10 Å².